The number of aromatic nitrogens is 4. The monoisotopic (exact) mass is 494 g/mol. The largest absolute Gasteiger partial charge is 0.460 e. The Hall–Kier alpha value is -2.50. The molecule has 0 fully saturated rings. The van der Waals surface area contributed by atoms with Crippen LogP contribution in [0.25, 0.3) is 27.8 Å². The molecule has 0 N–H and O–H groups in total. The van der Waals surface area contributed by atoms with Crippen molar-refractivity contribution < 1.29 is 23.0 Å². The van der Waals surface area contributed by atoms with Gasteiger partial charge in [0.25, 0.3) is 6.08 Å². The molecule has 7 nitrogen and oxygen atoms in total. The molecule has 3 heterocycles. The van der Waals surface area contributed by atoms with Gasteiger partial charge in [-0.2, -0.15) is 8.78 Å². The fourth-order valence-corrected chi connectivity index (χ4v) is 4.44. The van der Waals surface area contributed by atoms with Crippen LogP contribution >= 0.6 is 11.3 Å². The van der Waals surface area contributed by atoms with Crippen LogP contribution in [0.1, 0.15) is 35.1 Å². The van der Waals surface area contributed by atoms with E-state index in [1.54, 1.807) is 17.0 Å². The lowest BCUT2D eigenvalue weighted by Gasteiger charge is -2.15. The SMILES string of the molecule is CCCCOC(=O)c1ncc(-c2cnc3c(n2)c(C=C(F)F)cn3COCC[Si](C)(C)C)s1. The molecule has 0 aliphatic carbocycles. The zero-order chi connectivity index (χ0) is 24.0. The van der Waals surface area contributed by atoms with Crippen LogP contribution in [0.2, 0.25) is 25.7 Å². The molecule has 0 saturated heterocycles. The Kier molecular flexibility index (Phi) is 8.44. The number of rotatable bonds is 11. The first-order valence-electron chi connectivity index (χ1n) is 10.8. The van der Waals surface area contributed by atoms with Crippen LogP contribution < -0.4 is 0 Å². The molecule has 0 bridgehead atoms. The lowest BCUT2D eigenvalue weighted by atomic mass is 10.3. The fourth-order valence-electron chi connectivity index (χ4n) is 2.92. The zero-order valence-electron chi connectivity index (χ0n) is 19.2. The van der Waals surface area contributed by atoms with Crippen molar-refractivity contribution in [2.24, 2.45) is 0 Å². The summed E-state index contributed by atoms with van der Waals surface area (Å²) in [5.74, 6) is -0.488. The Morgan fingerprint density at radius 2 is 2.00 bits per heavy atom. The lowest BCUT2D eigenvalue weighted by molar-refractivity contribution is 0.0499. The minimum atomic E-state index is -1.82. The molecule has 0 aliphatic rings. The number of ether oxygens (including phenoxy) is 2. The van der Waals surface area contributed by atoms with Crippen LogP contribution in [0.5, 0.6) is 0 Å². The number of nitrogens with zero attached hydrogens (tertiary/aromatic N) is 4. The van der Waals surface area contributed by atoms with E-state index in [9.17, 15) is 13.6 Å². The van der Waals surface area contributed by atoms with E-state index in [-0.39, 0.29) is 17.3 Å². The molecule has 0 atom stereocenters. The number of fused-ring (bicyclic) bond motifs is 1. The molecule has 3 aromatic rings. The molecule has 0 unspecified atom stereocenters. The van der Waals surface area contributed by atoms with Crippen molar-refractivity contribution in [1.29, 1.82) is 0 Å². The minimum absolute atomic E-state index is 0.199. The number of hydrogen-bond donors (Lipinski definition) is 0. The standard InChI is InChI=1S/C22H28F2N4O3SSi/c1-5-6-7-31-22(29)21-26-12-17(32-21)16-11-25-20-19(27-16)15(10-18(23)24)13-28(20)14-30-8-9-33(2,3)4/h10-13H,5-9,14H2,1-4H3. The van der Waals surface area contributed by atoms with Gasteiger partial charge in [-0.3, -0.25) is 0 Å². The third-order valence-corrected chi connectivity index (χ3v) is 7.45. The van der Waals surface area contributed by atoms with Crippen molar-refractivity contribution in [3.63, 3.8) is 0 Å². The van der Waals surface area contributed by atoms with Gasteiger partial charge in [-0.1, -0.05) is 33.0 Å². The molecular weight excluding hydrogens is 466 g/mol. The Balaban J connectivity index is 1.84. The highest BCUT2D eigenvalue weighted by atomic mass is 32.1. The Bertz CT molecular complexity index is 1140. The summed E-state index contributed by atoms with van der Waals surface area (Å²) in [6.45, 7) is 9.93. The van der Waals surface area contributed by atoms with E-state index in [2.05, 4.69) is 34.6 Å². The number of unbranched alkanes of at least 4 members (excludes halogenated alkanes) is 1. The summed E-state index contributed by atoms with van der Waals surface area (Å²) in [4.78, 5) is 25.8. The molecule has 0 radical (unpaired) electrons. The number of esters is 1. The molecule has 0 aromatic carbocycles. The van der Waals surface area contributed by atoms with Crippen molar-refractivity contribution >= 4 is 42.6 Å². The second-order valence-corrected chi connectivity index (χ2v) is 15.4. The van der Waals surface area contributed by atoms with E-state index in [1.807, 2.05) is 6.92 Å². The first-order chi connectivity index (χ1) is 15.7. The van der Waals surface area contributed by atoms with Crippen LogP contribution in [0.15, 0.2) is 24.7 Å². The third kappa shape index (κ3) is 6.99. The van der Waals surface area contributed by atoms with E-state index in [0.717, 1.165) is 36.3 Å². The van der Waals surface area contributed by atoms with Gasteiger partial charge in [-0.15, -0.1) is 11.3 Å². The van der Waals surface area contributed by atoms with Crippen LogP contribution in [0.3, 0.4) is 0 Å². The molecule has 11 heteroatoms. The average Bonchev–Trinajstić information content (AvgIpc) is 3.36. The predicted octanol–water partition coefficient (Wildman–Crippen LogP) is 6.06. The number of carbonyl (C=O) groups excluding carboxylic acids is 1. The molecule has 0 saturated carbocycles. The Labute approximate surface area is 196 Å². The summed E-state index contributed by atoms with van der Waals surface area (Å²) in [7, 11) is -1.24. The lowest BCUT2D eigenvalue weighted by Crippen LogP contribution is -2.22. The summed E-state index contributed by atoms with van der Waals surface area (Å²) < 4.78 is 38.7. The van der Waals surface area contributed by atoms with Crippen molar-refractivity contribution in [1.82, 2.24) is 19.5 Å². The topological polar surface area (TPSA) is 79.1 Å². The zero-order valence-corrected chi connectivity index (χ0v) is 21.0. The van der Waals surface area contributed by atoms with Crippen LogP contribution in [0.4, 0.5) is 8.78 Å². The Morgan fingerprint density at radius 3 is 2.70 bits per heavy atom. The van der Waals surface area contributed by atoms with E-state index >= 15 is 0 Å². The molecular formula is C22H28F2N4O3SSi. The van der Waals surface area contributed by atoms with Crippen LogP contribution in [0, 0.1) is 0 Å². The molecule has 33 heavy (non-hydrogen) atoms. The summed E-state index contributed by atoms with van der Waals surface area (Å²) in [5, 5.41) is 0.214. The second kappa shape index (κ2) is 11.1. The van der Waals surface area contributed by atoms with Crippen molar-refractivity contribution in [3.05, 3.63) is 35.2 Å². The van der Waals surface area contributed by atoms with Gasteiger partial charge in [0.2, 0.25) is 5.01 Å². The van der Waals surface area contributed by atoms with Gasteiger partial charge < -0.3 is 14.0 Å². The number of halogens is 2. The molecule has 3 aromatic heterocycles. The van der Waals surface area contributed by atoms with Crippen LogP contribution in [-0.4, -0.2) is 46.8 Å². The molecule has 3 rings (SSSR count). The van der Waals surface area contributed by atoms with Crippen molar-refractivity contribution in [3.8, 4) is 10.6 Å². The maximum atomic E-state index is 13.1. The maximum absolute atomic E-state index is 13.1. The van der Waals surface area contributed by atoms with Crippen molar-refractivity contribution in [2.45, 2.75) is 52.2 Å². The quantitative estimate of drug-likeness (QED) is 0.183. The number of carbonyl (C=O) groups is 1. The van der Waals surface area contributed by atoms with Gasteiger partial charge in [0.1, 0.15) is 17.9 Å². The highest BCUT2D eigenvalue weighted by Crippen LogP contribution is 2.28. The van der Waals surface area contributed by atoms with Gasteiger partial charge in [0.15, 0.2) is 5.65 Å². The maximum Gasteiger partial charge on any atom is 0.367 e. The first-order valence-corrected chi connectivity index (χ1v) is 15.3. The van der Waals surface area contributed by atoms with Crippen LogP contribution in [-0.2, 0) is 16.2 Å². The van der Waals surface area contributed by atoms with Gasteiger partial charge in [-0.25, -0.2) is 19.7 Å². The number of thiazole rings is 1. The van der Waals surface area contributed by atoms with Gasteiger partial charge >= 0.3 is 5.97 Å². The highest BCUT2D eigenvalue weighted by molar-refractivity contribution is 7.16. The van der Waals surface area contributed by atoms with Gasteiger partial charge in [0, 0.05) is 38.7 Å². The fraction of sp³-hybridized carbons (Fsp3) is 0.455. The average molecular weight is 495 g/mol. The molecule has 0 amide bonds. The normalized spacial score (nSPS) is 11.7. The molecule has 0 aliphatic heterocycles. The smallest absolute Gasteiger partial charge is 0.367 e. The van der Waals surface area contributed by atoms with Gasteiger partial charge in [0.05, 0.1) is 17.7 Å². The number of hydrogen-bond acceptors (Lipinski definition) is 7. The molecule has 178 valence electrons. The summed E-state index contributed by atoms with van der Waals surface area (Å²) in [5.41, 5.74) is 1.47. The third-order valence-electron chi connectivity index (χ3n) is 4.75. The van der Waals surface area contributed by atoms with E-state index < -0.39 is 20.1 Å². The minimum Gasteiger partial charge on any atom is -0.460 e. The predicted molar refractivity (Wildman–Crippen MR) is 128 cm³/mol. The van der Waals surface area contributed by atoms with Gasteiger partial charge in [-0.05, 0) is 12.5 Å². The van der Waals surface area contributed by atoms with E-state index in [1.165, 1.54) is 6.20 Å². The van der Waals surface area contributed by atoms with E-state index in [0.29, 0.717) is 34.9 Å². The summed E-state index contributed by atoms with van der Waals surface area (Å²) >= 11 is 1.13. The van der Waals surface area contributed by atoms with E-state index in [4.69, 9.17) is 9.47 Å². The Morgan fingerprint density at radius 1 is 1.21 bits per heavy atom. The first kappa shape index (κ1) is 25.1. The van der Waals surface area contributed by atoms with Crippen molar-refractivity contribution in [2.75, 3.05) is 13.2 Å². The second-order valence-electron chi connectivity index (χ2n) is 8.78. The summed E-state index contributed by atoms with van der Waals surface area (Å²) in [6.07, 6.45) is 5.26. The highest BCUT2D eigenvalue weighted by Gasteiger charge is 2.18. The molecule has 0 spiro atoms. The summed E-state index contributed by atoms with van der Waals surface area (Å²) in [6, 6.07) is 1.00.